The maximum absolute atomic E-state index is 9.31. The van der Waals surface area contributed by atoms with Crippen LogP contribution in [-0.4, -0.2) is 44.1 Å². The quantitative estimate of drug-likeness (QED) is 0.646. The lowest BCUT2D eigenvalue weighted by molar-refractivity contribution is -0.0241. The normalized spacial score (nSPS) is 23.9. The molecule has 0 radical (unpaired) electrons. The van der Waals surface area contributed by atoms with Crippen LogP contribution >= 0.6 is 0 Å². The van der Waals surface area contributed by atoms with Gasteiger partial charge in [0.25, 0.3) is 6.02 Å². The van der Waals surface area contributed by atoms with Crippen LogP contribution in [0, 0.1) is 5.92 Å². The van der Waals surface area contributed by atoms with E-state index < -0.39 is 0 Å². The molecule has 0 aromatic heterocycles. The predicted octanol–water partition coefficient (Wildman–Crippen LogP) is 2.13. The zero-order chi connectivity index (χ0) is 15.8. The smallest absolute Gasteiger partial charge is 0.285 e. The molecule has 1 aromatic carbocycles. The van der Waals surface area contributed by atoms with E-state index in [0.717, 1.165) is 25.2 Å². The first kappa shape index (κ1) is 16.8. The summed E-state index contributed by atoms with van der Waals surface area (Å²) in [5, 5.41) is 12.6. The first-order valence-corrected chi connectivity index (χ1v) is 7.88. The average molecular weight is 306 g/mol. The lowest BCUT2D eigenvalue weighted by Gasteiger charge is -2.31. The lowest BCUT2D eigenvalue weighted by Crippen LogP contribution is -2.39. The molecule has 1 heterocycles. The Morgan fingerprint density at radius 3 is 2.86 bits per heavy atom. The van der Waals surface area contributed by atoms with Crippen LogP contribution in [0.2, 0.25) is 0 Å². The van der Waals surface area contributed by atoms with Gasteiger partial charge in [0.2, 0.25) is 0 Å². The van der Waals surface area contributed by atoms with E-state index in [-0.39, 0.29) is 18.8 Å². The monoisotopic (exact) mass is 306 g/mol. The number of hydrogen-bond acceptors (Lipinski definition) is 4. The number of nitrogens with one attached hydrogen (secondary N) is 1. The Bertz CT molecular complexity index is 464. The minimum absolute atomic E-state index is 0.0138. The van der Waals surface area contributed by atoms with Gasteiger partial charge in [-0.25, -0.2) is 4.99 Å². The van der Waals surface area contributed by atoms with Crippen molar-refractivity contribution in [3.8, 4) is 0 Å². The van der Waals surface area contributed by atoms with E-state index in [1.165, 1.54) is 0 Å². The molecule has 3 atom stereocenters. The van der Waals surface area contributed by atoms with E-state index in [1.807, 2.05) is 30.3 Å². The number of hydrogen-bond donors (Lipinski definition) is 2. The Kier molecular flexibility index (Phi) is 6.68. The van der Waals surface area contributed by atoms with Gasteiger partial charge in [0, 0.05) is 26.0 Å². The molecule has 0 saturated carbocycles. The van der Waals surface area contributed by atoms with Crippen molar-refractivity contribution >= 4 is 6.02 Å². The Morgan fingerprint density at radius 1 is 1.45 bits per heavy atom. The van der Waals surface area contributed by atoms with E-state index in [2.05, 4.69) is 17.2 Å². The summed E-state index contributed by atoms with van der Waals surface area (Å²) in [6, 6.07) is 10.6. The van der Waals surface area contributed by atoms with Gasteiger partial charge in [-0.3, -0.25) is 0 Å². The minimum atomic E-state index is -0.0138. The fourth-order valence-corrected chi connectivity index (χ4v) is 2.62. The highest BCUT2D eigenvalue weighted by atomic mass is 16.5. The third-order valence-corrected chi connectivity index (χ3v) is 3.95. The van der Waals surface area contributed by atoms with Crippen molar-refractivity contribution in [2.75, 3.05) is 26.9 Å². The molecule has 1 saturated heterocycles. The van der Waals surface area contributed by atoms with Gasteiger partial charge in [-0.15, -0.1) is 0 Å². The van der Waals surface area contributed by atoms with Gasteiger partial charge in [-0.1, -0.05) is 37.3 Å². The van der Waals surface area contributed by atoms with E-state index in [9.17, 15) is 5.11 Å². The Morgan fingerprint density at radius 2 is 2.23 bits per heavy atom. The highest BCUT2D eigenvalue weighted by Crippen LogP contribution is 2.20. The first-order chi connectivity index (χ1) is 10.7. The van der Waals surface area contributed by atoms with Crippen LogP contribution in [0.4, 0.5) is 0 Å². The van der Waals surface area contributed by atoms with Crippen LogP contribution in [0.15, 0.2) is 35.3 Å². The zero-order valence-electron chi connectivity index (χ0n) is 13.4. The number of rotatable bonds is 5. The van der Waals surface area contributed by atoms with E-state index in [1.54, 1.807) is 7.05 Å². The number of aliphatic imine (C=N–C) groups is 1. The van der Waals surface area contributed by atoms with Crippen LogP contribution in [0.3, 0.4) is 0 Å². The number of ether oxygens (including phenoxy) is 2. The van der Waals surface area contributed by atoms with Crippen LogP contribution in [0.5, 0.6) is 0 Å². The second-order valence-corrected chi connectivity index (χ2v) is 5.65. The number of amidine groups is 1. The van der Waals surface area contributed by atoms with Gasteiger partial charge in [0.1, 0.15) is 6.10 Å². The van der Waals surface area contributed by atoms with E-state index in [4.69, 9.17) is 9.47 Å². The summed E-state index contributed by atoms with van der Waals surface area (Å²) in [5.74, 6) is 0.348. The van der Waals surface area contributed by atoms with Gasteiger partial charge >= 0.3 is 0 Å². The van der Waals surface area contributed by atoms with Crippen LogP contribution < -0.4 is 5.32 Å². The van der Waals surface area contributed by atoms with Crippen LogP contribution in [0.1, 0.15) is 31.4 Å². The number of benzene rings is 1. The molecule has 1 fully saturated rings. The minimum Gasteiger partial charge on any atom is -0.462 e. The maximum atomic E-state index is 9.31. The molecule has 5 nitrogen and oxygen atoms in total. The van der Waals surface area contributed by atoms with Crippen molar-refractivity contribution in [2.24, 2.45) is 10.9 Å². The summed E-state index contributed by atoms with van der Waals surface area (Å²) in [5.41, 5.74) is 1.11. The number of aliphatic hydroxyl groups is 1. The summed E-state index contributed by atoms with van der Waals surface area (Å²) >= 11 is 0. The fraction of sp³-hybridized carbons (Fsp3) is 0.588. The molecule has 2 rings (SSSR count). The predicted molar refractivity (Wildman–Crippen MR) is 86.9 cm³/mol. The van der Waals surface area contributed by atoms with Crippen molar-refractivity contribution in [2.45, 2.75) is 31.9 Å². The molecular weight excluding hydrogens is 280 g/mol. The molecule has 1 aliphatic rings. The summed E-state index contributed by atoms with van der Waals surface area (Å²) in [7, 11) is 1.72. The molecule has 1 aliphatic heterocycles. The standard InChI is InChI=1S/C17H26N2O3/c1-13-12-21-11-9-16(13)22-17(18-2)19-15(8-10-20)14-6-4-3-5-7-14/h3-7,13,15-16,20H,8-12H2,1-2H3,(H,18,19). The SMILES string of the molecule is CN=C(NC(CCO)c1ccccc1)OC1CCOCC1C. The topological polar surface area (TPSA) is 63.1 Å². The Labute approximate surface area is 132 Å². The molecule has 0 amide bonds. The summed E-state index contributed by atoms with van der Waals surface area (Å²) in [4.78, 5) is 4.23. The number of nitrogens with zero attached hydrogens (tertiary/aromatic N) is 1. The first-order valence-electron chi connectivity index (χ1n) is 7.88. The van der Waals surface area contributed by atoms with Crippen molar-refractivity contribution in [3.05, 3.63) is 35.9 Å². The van der Waals surface area contributed by atoms with E-state index >= 15 is 0 Å². The molecule has 22 heavy (non-hydrogen) atoms. The molecule has 0 bridgehead atoms. The van der Waals surface area contributed by atoms with Crippen LogP contribution in [-0.2, 0) is 9.47 Å². The zero-order valence-corrected chi connectivity index (χ0v) is 13.4. The van der Waals surface area contributed by atoms with Crippen molar-refractivity contribution in [1.82, 2.24) is 5.32 Å². The largest absolute Gasteiger partial charge is 0.462 e. The third-order valence-electron chi connectivity index (χ3n) is 3.95. The molecule has 5 heteroatoms. The summed E-state index contributed by atoms with van der Waals surface area (Å²) in [6.45, 7) is 3.68. The second kappa shape index (κ2) is 8.76. The molecule has 0 spiro atoms. The number of aliphatic hydroxyl groups excluding tert-OH is 1. The van der Waals surface area contributed by atoms with Gasteiger partial charge in [0.15, 0.2) is 0 Å². The maximum Gasteiger partial charge on any atom is 0.285 e. The molecule has 0 aliphatic carbocycles. The van der Waals surface area contributed by atoms with Crippen LogP contribution in [0.25, 0.3) is 0 Å². The highest BCUT2D eigenvalue weighted by Gasteiger charge is 2.25. The van der Waals surface area contributed by atoms with Crippen molar-refractivity contribution in [3.63, 3.8) is 0 Å². The average Bonchev–Trinajstić information content (AvgIpc) is 2.56. The molecule has 122 valence electrons. The van der Waals surface area contributed by atoms with Crippen molar-refractivity contribution in [1.29, 1.82) is 0 Å². The fourth-order valence-electron chi connectivity index (χ4n) is 2.62. The Balaban J connectivity index is 2.00. The molecule has 3 unspecified atom stereocenters. The summed E-state index contributed by atoms with van der Waals surface area (Å²) in [6.07, 6.45) is 1.60. The second-order valence-electron chi connectivity index (χ2n) is 5.65. The van der Waals surface area contributed by atoms with Gasteiger partial charge in [0.05, 0.1) is 19.3 Å². The summed E-state index contributed by atoms with van der Waals surface area (Å²) < 4.78 is 11.5. The molecular formula is C17H26N2O3. The van der Waals surface area contributed by atoms with Crippen molar-refractivity contribution < 1.29 is 14.6 Å². The van der Waals surface area contributed by atoms with E-state index in [0.29, 0.717) is 18.4 Å². The third kappa shape index (κ3) is 4.71. The highest BCUT2D eigenvalue weighted by molar-refractivity contribution is 5.74. The van der Waals surface area contributed by atoms with Gasteiger partial charge < -0.3 is 19.9 Å². The van der Waals surface area contributed by atoms with Gasteiger partial charge in [-0.2, -0.15) is 0 Å². The lowest BCUT2D eigenvalue weighted by atomic mass is 10.0. The van der Waals surface area contributed by atoms with Gasteiger partial charge in [-0.05, 0) is 12.0 Å². The molecule has 2 N–H and O–H groups in total. The Hall–Kier alpha value is -1.59. The molecule has 1 aromatic rings.